The van der Waals surface area contributed by atoms with Crippen molar-refractivity contribution in [2.75, 3.05) is 6.54 Å². The molecule has 2 aromatic rings. The number of rotatable bonds is 6. The predicted molar refractivity (Wildman–Crippen MR) is 93.6 cm³/mol. The van der Waals surface area contributed by atoms with E-state index in [9.17, 15) is 0 Å². The SMILES string of the molecule is CC(C)CNCc1ccc(Sc2cccc(Cl)c2)cc1Cl. The van der Waals surface area contributed by atoms with Crippen LogP contribution in [0.2, 0.25) is 10.0 Å². The van der Waals surface area contributed by atoms with Gasteiger partial charge in [-0.25, -0.2) is 0 Å². The normalized spacial score (nSPS) is 11.1. The Labute approximate surface area is 141 Å². The smallest absolute Gasteiger partial charge is 0.0462 e. The van der Waals surface area contributed by atoms with Gasteiger partial charge in [0.25, 0.3) is 0 Å². The van der Waals surface area contributed by atoms with Crippen LogP contribution in [0.4, 0.5) is 0 Å². The molecule has 0 aliphatic heterocycles. The van der Waals surface area contributed by atoms with Crippen LogP contribution in [-0.2, 0) is 6.54 Å². The van der Waals surface area contributed by atoms with Crippen LogP contribution in [0, 0.1) is 5.92 Å². The van der Waals surface area contributed by atoms with Gasteiger partial charge in [0.05, 0.1) is 0 Å². The van der Waals surface area contributed by atoms with Gasteiger partial charge < -0.3 is 5.32 Å². The van der Waals surface area contributed by atoms with E-state index in [4.69, 9.17) is 23.2 Å². The minimum Gasteiger partial charge on any atom is -0.312 e. The molecule has 0 aliphatic rings. The molecule has 0 radical (unpaired) electrons. The highest BCUT2D eigenvalue weighted by molar-refractivity contribution is 7.99. The topological polar surface area (TPSA) is 12.0 Å². The van der Waals surface area contributed by atoms with E-state index in [1.807, 2.05) is 30.3 Å². The van der Waals surface area contributed by atoms with E-state index in [1.54, 1.807) is 11.8 Å². The monoisotopic (exact) mass is 339 g/mol. The van der Waals surface area contributed by atoms with Crippen molar-refractivity contribution in [2.24, 2.45) is 5.92 Å². The quantitative estimate of drug-likeness (QED) is 0.704. The van der Waals surface area contributed by atoms with E-state index in [-0.39, 0.29) is 0 Å². The Balaban J connectivity index is 2.01. The Morgan fingerprint density at radius 3 is 2.48 bits per heavy atom. The van der Waals surface area contributed by atoms with Crippen molar-refractivity contribution in [2.45, 2.75) is 30.2 Å². The van der Waals surface area contributed by atoms with Crippen molar-refractivity contribution >= 4 is 35.0 Å². The first-order chi connectivity index (χ1) is 10.0. The average Bonchev–Trinajstić information content (AvgIpc) is 2.41. The summed E-state index contributed by atoms with van der Waals surface area (Å²) in [5.41, 5.74) is 1.13. The third-order valence-corrected chi connectivity index (χ3v) is 4.49. The van der Waals surface area contributed by atoms with Gasteiger partial charge in [-0.05, 0) is 48.4 Å². The standard InChI is InChI=1S/C17H19Cl2NS/c1-12(2)10-20-11-13-6-7-16(9-17(13)19)21-15-5-3-4-14(18)8-15/h3-9,12,20H,10-11H2,1-2H3. The fourth-order valence-electron chi connectivity index (χ4n) is 1.90. The van der Waals surface area contributed by atoms with Crippen LogP contribution in [0.15, 0.2) is 52.3 Å². The van der Waals surface area contributed by atoms with Gasteiger partial charge in [-0.1, -0.05) is 60.9 Å². The van der Waals surface area contributed by atoms with Crippen molar-refractivity contribution in [3.8, 4) is 0 Å². The molecular formula is C17H19Cl2NS. The molecule has 2 rings (SSSR count). The maximum atomic E-state index is 6.36. The molecule has 0 atom stereocenters. The highest BCUT2D eigenvalue weighted by Crippen LogP contribution is 2.32. The second-order valence-electron chi connectivity index (χ2n) is 5.34. The zero-order valence-electron chi connectivity index (χ0n) is 12.2. The molecule has 112 valence electrons. The molecule has 2 aromatic carbocycles. The highest BCUT2D eigenvalue weighted by Gasteiger charge is 2.04. The van der Waals surface area contributed by atoms with E-state index in [1.165, 1.54) is 0 Å². The number of benzene rings is 2. The first-order valence-electron chi connectivity index (χ1n) is 6.97. The lowest BCUT2D eigenvalue weighted by Gasteiger charge is -2.10. The minimum atomic E-state index is 0.640. The van der Waals surface area contributed by atoms with Gasteiger partial charge in [0.15, 0.2) is 0 Å². The molecule has 0 saturated heterocycles. The molecule has 1 N–H and O–H groups in total. The summed E-state index contributed by atoms with van der Waals surface area (Å²) in [6.07, 6.45) is 0. The van der Waals surface area contributed by atoms with Gasteiger partial charge in [-0.2, -0.15) is 0 Å². The van der Waals surface area contributed by atoms with Crippen LogP contribution in [0.5, 0.6) is 0 Å². The largest absolute Gasteiger partial charge is 0.312 e. The first kappa shape index (κ1) is 16.7. The van der Waals surface area contributed by atoms with Crippen molar-refractivity contribution in [3.63, 3.8) is 0 Å². The fraction of sp³-hybridized carbons (Fsp3) is 0.294. The summed E-state index contributed by atoms with van der Waals surface area (Å²) in [5.74, 6) is 0.640. The van der Waals surface area contributed by atoms with Crippen molar-refractivity contribution in [3.05, 3.63) is 58.1 Å². The van der Waals surface area contributed by atoms with Gasteiger partial charge in [-0.3, -0.25) is 0 Å². The van der Waals surface area contributed by atoms with Crippen LogP contribution < -0.4 is 5.32 Å². The molecule has 4 heteroatoms. The van der Waals surface area contributed by atoms with Crippen LogP contribution in [0.25, 0.3) is 0 Å². The third-order valence-electron chi connectivity index (χ3n) is 2.92. The lowest BCUT2D eigenvalue weighted by molar-refractivity contribution is 0.552. The molecule has 0 aromatic heterocycles. The maximum Gasteiger partial charge on any atom is 0.0462 e. The average molecular weight is 340 g/mol. The Kier molecular flexibility index (Phi) is 6.43. The van der Waals surface area contributed by atoms with Gasteiger partial charge in [0, 0.05) is 26.4 Å². The van der Waals surface area contributed by atoms with Crippen LogP contribution >= 0.6 is 35.0 Å². The van der Waals surface area contributed by atoms with Gasteiger partial charge in [-0.15, -0.1) is 0 Å². The summed E-state index contributed by atoms with van der Waals surface area (Å²) >= 11 is 14.0. The zero-order chi connectivity index (χ0) is 15.2. The van der Waals surface area contributed by atoms with Gasteiger partial charge in [0.2, 0.25) is 0 Å². The Morgan fingerprint density at radius 1 is 1.05 bits per heavy atom. The molecule has 0 unspecified atom stereocenters. The number of nitrogens with one attached hydrogen (secondary N) is 1. The molecular weight excluding hydrogens is 321 g/mol. The summed E-state index contributed by atoms with van der Waals surface area (Å²) in [5, 5.41) is 4.96. The van der Waals surface area contributed by atoms with E-state index in [2.05, 4.69) is 31.3 Å². The molecule has 0 fully saturated rings. The Morgan fingerprint density at radius 2 is 1.81 bits per heavy atom. The molecule has 1 nitrogen and oxygen atoms in total. The van der Waals surface area contributed by atoms with Crippen molar-refractivity contribution < 1.29 is 0 Å². The molecule has 21 heavy (non-hydrogen) atoms. The Bertz CT molecular complexity index is 599. The summed E-state index contributed by atoms with van der Waals surface area (Å²) in [4.78, 5) is 2.24. The van der Waals surface area contributed by atoms with Gasteiger partial charge in [0.1, 0.15) is 0 Å². The summed E-state index contributed by atoms with van der Waals surface area (Å²) in [6, 6.07) is 14.0. The molecule has 0 bridgehead atoms. The van der Waals surface area contributed by atoms with Crippen LogP contribution in [-0.4, -0.2) is 6.54 Å². The molecule has 0 aliphatic carbocycles. The Hall–Kier alpha value is -0.670. The van der Waals surface area contributed by atoms with E-state index in [0.717, 1.165) is 38.5 Å². The first-order valence-corrected chi connectivity index (χ1v) is 8.54. The maximum absolute atomic E-state index is 6.36. The lowest BCUT2D eigenvalue weighted by atomic mass is 10.2. The predicted octanol–water partition coefficient (Wildman–Crippen LogP) is 5.89. The minimum absolute atomic E-state index is 0.640. The van der Waals surface area contributed by atoms with Crippen LogP contribution in [0.1, 0.15) is 19.4 Å². The summed E-state index contributed by atoms with van der Waals surface area (Å²) < 4.78 is 0. The summed E-state index contributed by atoms with van der Waals surface area (Å²) in [6.45, 7) is 6.19. The van der Waals surface area contributed by atoms with E-state index < -0.39 is 0 Å². The van der Waals surface area contributed by atoms with Crippen molar-refractivity contribution in [1.82, 2.24) is 5.32 Å². The van der Waals surface area contributed by atoms with E-state index in [0.29, 0.717) is 5.92 Å². The molecule has 0 heterocycles. The second-order valence-corrected chi connectivity index (χ2v) is 7.33. The zero-order valence-corrected chi connectivity index (χ0v) is 14.5. The molecule has 0 amide bonds. The summed E-state index contributed by atoms with van der Waals surface area (Å²) in [7, 11) is 0. The highest BCUT2D eigenvalue weighted by atomic mass is 35.5. The lowest BCUT2D eigenvalue weighted by Crippen LogP contribution is -2.19. The number of hydrogen-bond donors (Lipinski definition) is 1. The fourth-order valence-corrected chi connectivity index (χ4v) is 3.38. The number of halogens is 2. The van der Waals surface area contributed by atoms with E-state index >= 15 is 0 Å². The second kappa shape index (κ2) is 8.09. The molecule has 0 saturated carbocycles. The number of hydrogen-bond acceptors (Lipinski definition) is 2. The van der Waals surface area contributed by atoms with Crippen molar-refractivity contribution in [1.29, 1.82) is 0 Å². The third kappa shape index (κ3) is 5.55. The van der Waals surface area contributed by atoms with Gasteiger partial charge >= 0.3 is 0 Å². The molecule has 0 spiro atoms. The van der Waals surface area contributed by atoms with Crippen LogP contribution in [0.3, 0.4) is 0 Å².